The summed E-state index contributed by atoms with van der Waals surface area (Å²) in [4.78, 5) is 16.0. The van der Waals surface area contributed by atoms with E-state index in [1.165, 1.54) is 0 Å². The molecule has 4 atom stereocenters. The largest absolute Gasteiger partial charge is 0.444 e. The number of carbonyl (C=O) groups excluding carboxylic acids is 1. The van der Waals surface area contributed by atoms with Crippen molar-refractivity contribution in [2.45, 2.75) is 70.6 Å². The highest BCUT2D eigenvalue weighted by atomic mass is 16.8. The SMILES string of the molecule is CC(C)(C)OC(=O)N1CCN(C[C@H]2O[C@@H]3OC(C)(C)O[C@H]3[C@@H]2O)CC1. The van der Waals surface area contributed by atoms with Crippen LogP contribution in [0.3, 0.4) is 0 Å². The van der Waals surface area contributed by atoms with Crippen molar-refractivity contribution >= 4 is 6.09 Å². The predicted molar refractivity (Wildman–Crippen MR) is 89.0 cm³/mol. The number of aliphatic hydroxyl groups excluding tert-OH is 1. The molecule has 8 nitrogen and oxygen atoms in total. The molecule has 3 rings (SSSR count). The normalized spacial score (nSPS) is 35.7. The van der Waals surface area contributed by atoms with E-state index >= 15 is 0 Å². The third kappa shape index (κ3) is 4.43. The van der Waals surface area contributed by atoms with Crippen LogP contribution in [0.1, 0.15) is 34.6 Å². The van der Waals surface area contributed by atoms with Crippen molar-refractivity contribution in [2.75, 3.05) is 32.7 Å². The number of aliphatic hydroxyl groups is 1. The summed E-state index contributed by atoms with van der Waals surface area (Å²) in [5, 5.41) is 10.4. The van der Waals surface area contributed by atoms with E-state index in [0.717, 1.165) is 0 Å². The zero-order chi connectivity index (χ0) is 18.4. The minimum Gasteiger partial charge on any atom is -0.444 e. The van der Waals surface area contributed by atoms with E-state index in [9.17, 15) is 9.90 Å². The predicted octanol–water partition coefficient (Wildman–Crippen LogP) is 0.776. The molecule has 3 heterocycles. The third-order valence-electron chi connectivity index (χ3n) is 4.58. The Labute approximate surface area is 148 Å². The quantitative estimate of drug-likeness (QED) is 0.781. The van der Waals surface area contributed by atoms with Crippen LogP contribution >= 0.6 is 0 Å². The minimum atomic E-state index is -0.722. The first-order valence-electron chi connectivity index (χ1n) is 8.93. The number of hydrogen-bond acceptors (Lipinski definition) is 7. The van der Waals surface area contributed by atoms with Crippen LogP contribution in [0.5, 0.6) is 0 Å². The average molecular weight is 358 g/mol. The lowest BCUT2D eigenvalue weighted by molar-refractivity contribution is -0.216. The highest BCUT2D eigenvalue weighted by molar-refractivity contribution is 5.68. The summed E-state index contributed by atoms with van der Waals surface area (Å²) in [5.74, 6) is -0.722. The molecule has 1 amide bonds. The second-order valence-electron chi connectivity index (χ2n) is 8.40. The van der Waals surface area contributed by atoms with Gasteiger partial charge >= 0.3 is 6.09 Å². The van der Waals surface area contributed by atoms with Gasteiger partial charge in [0, 0.05) is 32.7 Å². The van der Waals surface area contributed by atoms with E-state index in [1.54, 1.807) is 4.90 Å². The third-order valence-corrected chi connectivity index (χ3v) is 4.58. The second-order valence-corrected chi connectivity index (χ2v) is 8.40. The van der Waals surface area contributed by atoms with Gasteiger partial charge in [0.1, 0.15) is 23.9 Å². The van der Waals surface area contributed by atoms with Gasteiger partial charge in [-0.25, -0.2) is 4.79 Å². The highest BCUT2D eigenvalue weighted by Crippen LogP contribution is 2.37. The van der Waals surface area contributed by atoms with Gasteiger partial charge in [-0.3, -0.25) is 4.90 Å². The van der Waals surface area contributed by atoms with Crippen LogP contribution in [0, 0.1) is 0 Å². The number of rotatable bonds is 2. The number of ether oxygens (including phenoxy) is 4. The van der Waals surface area contributed by atoms with Gasteiger partial charge in [-0.05, 0) is 34.6 Å². The molecule has 3 saturated heterocycles. The lowest BCUT2D eigenvalue weighted by Gasteiger charge is -2.37. The molecule has 0 aromatic rings. The average Bonchev–Trinajstić information content (AvgIpc) is 2.92. The molecule has 25 heavy (non-hydrogen) atoms. The van der Waals surface area contributed by atoms with Gasteiger partial charge in [-0.15, -0.1) is 0 Å². The van der Waals surface area contributed by atoms with E-state index in [4.69, 9.17) is 18.9 Å². The van der Waals surface area contributed by atoms with Crippen LogP contribution < -0.4 is 0 Å². The van der Waals surface area contributed by atoms with Gasteiger partial charge in [0.2, 0.25) is 0 Å². The Morgan fingerprint density at radius 1 is 1.20 bits per heavy atom. The maximum absolute atomic E-state index is 12.1. The molecular weight excluding hydrogens is 328 g/mol. The van der Waals surface area contributed by atoms with E-state index in [2.05, 4.69) is 4.90 Å². The van der Waals surface area contributed by atoms with Crippen LogP contribution in [0.25, 0.3) is 0 Å². The van der Waals surface area contributed by atoms with E-state index in [-0.39, 0.29) is 12.2 Å². The molecule has 0 aromatic carbocycles. The summed E-state index contributed by atoms with van der Waals surface area (Å²) in [6.45, 7) is 12.4. The first-order valence-corrected chi connectivity index (χ1v) is 8.93. The van der Waals surface area contributed by atoms with Gasteiger partial charge in [0.25, 0.3) is 0 Å². The molecule has 3 aliphatic heterocycles. The lowest BCUT2D eigenvalue weighted by Crippen LogP contribution is -2.52. The Morgan fingerprint density at radius 3 is 2.40 bits per heavy atom. The van der Waals surface area contributed by atoms with E-state index < -0.39 is 29.9 Å². The topological polar surface area (TPSA) is 80.7 Å². The molecule has 0 radical (unpaired) electrons. The molecule has 1 N–H and O–H groups in total. The van der Waals surface area contributed by atoms with Gasteiger partial charge in [-0.1, -0.05) is 0 Å². The van der Waals surface area contributed by atoms with Crippen molar-refractivity contribution in [1.82, 2.24) is 9.80 Å². The molecule has 0 unspecified atom stereocenters. The Balaban J connectivity index is 1.45. The van der Waals surface area contributed by atoms with Crippen molar-refractivity contribution in [3.8, 4) is 0 Å². The number of carbonyl (C=O) groups is 1. The van der Waals surface area contributed by atoms with E-state index in [0.29, 0.717) is 32.7 Å². The molecule has 0 aliphatic carbocycles. The van der Waals surface area contributed by atoms with Crippen molar-refractivity contribution < 1.29 is 28.8 Å². The maximum atomic E-state index is 12.1. The van der Waals surface area contributed by atoms with Crippen molar-refractivity contribution in [1.29, 1.82) is 0 Å². The first kappa shape index (κ1) is 18.8. The number of hydrogen-bond donors (Lipinski definition) is 1. The van der Waals surface area contributed by atoms with Crippen LogP contribution in [-0.4, -0.2) is 89.7 Å². The molecule has 0 saturated carbocycles. The first-order chi connectivity index (χ1) is 11.5. The number of piperazine rings is 1. The van der Waals surface area contributed by atoms with Gasteiger partial charge < -0.3 is 29.0 Å². The van der Waals surface area contributed by atoms with Crippen LogP contribution in [0.15, 0.2) is 0 Å². The number of amides is 1. The Morgan fingerprint density at radius 2 is 1.84 bits per heavy atom. The summed E-state index contributed by atoms with van der Waals surface area (Å²) in [6.07, 6.45) is -2.29. The molecule has 3 aliphatic rings. The summed E-state index contributed by atoms with van der Waals surface area (Å²) < 4.78 is 22.6. The Kier molecular flexibility index (Phi) is 5.02. The molecule has 3 fully saturated rings. The Bertz CT molecular complexity index is 498. The second kappa shape index (κ2) is 6.66. The molecule has 8 heteroatoms. The molecule has 0 spiro atoms. The molecular formula is C17H30N2O6. The summed E-state index contributed by atoms with van der Waals surface area (Å²) in [5.41, 5.74) is -0.485. The van der Waals surface area contributed by atoms with Gasteiger partial charge in [-0.2, -0.15) is 0 Å². The number of fused-ring (bicyclic) bond motifs is 1. The van der Waals surface area contributed by atoms with Gasteiger partial charge in [0.05, 0.1) is 0 Å². The molecule has 0 bridgehead atoms. The fraction of sp³-hybridized carbons (Fsp3) is 0.941. The fourth-order valence-electron chi connectivity index (χ4n) is 3.40. The highest BCUT2D eigenvalue weighted by Gasteiger charge is 2.54. The van der Waals surface area contributed by atoms with Crippen LogP contribution in [-0.2, 0) is 18.9 Å². The summed E-state index contributed by atoms with van der Waals surface area (Å²) >= 11 is 0. The zero-order valence-corrected chi connectivity index (χ0v) is 15.7. The van der Waals surface area contributed by atoms with Crippen molar-refractivity contribution in [2.24, 2.45) is 0 Å². The lowest BCUT2D eigenvalue weighted by atomic mass is 10.1. The summed E-state index contributed by atoms with van der Waals surface area (Å²) in [7, 11) is 0. The smallest absolute Gasteiger partial charge is 0.410 e. The number of nitrogens with zero attached hydrogens (tertiary/aromatic N) is 2. The standard InChI is InChI=1S/C17H30N2O6/c1-16(2,3)25-15(21)19-8-6-18(7-9-19)10-11-12(20)13-14(22-11)24-17(4,5)23-13/h11-14,20H,6-10H2,1-5H3/t11-,12-,13+,14-/m1/s1. The Hall–Kier alpha value is -0.930. The van der Waals surface area contributed by atoms with Crippen LogP contribution in [0.2, 0.25) is 0 Å². The fourth-order valence-corrected chi connectivity index (χ4v) is 3.40. The van der Waals surface area contributed by atoms with Crippen molar-refractivity contribution in [3.63, 3.8) is 0 Å². The monoisotopic (exact) mass is 358 g/mol. The zero-order valence-electron chi connectivity index (χ0n) is 15.7. The molecule has 144 valence electrons. The minimum absolute atomic E-state index is 0.275. The summed E-state index contributed by atoms with van der Waals surface area (Å²) in [6, 6.07) is 0. The van der Waals surface area contributed by atoms with Crippen molar-refractivity contribution in [3.05, 3.63) is 0 Å². The van der Waals surface area contributed by atoms with Gasteiger partial charge in [0.15, 0.2) is 12.1 Å². The molecule has 0 aromatic heterocycles. The maximum Gasteiger partial charge on any atom is 0.410 e. The van der Waals surface area contributed by atoms with Crippen LogP contribution in [0.4, 0.5) is 4.79 Å². The van der Waals surface area contributed by atoms with E-state index in [1.807, 2.05) is 34.6 Å².